The Hall–Kier alpha value is -2.94. The lowest BCUT2D eigenvalue weighted by Gasteiger charge is -2.41. The average Bonchev–Trinajstić information content (AvgIpc) is 3.33. The summed E-state index contributed by atoms with van der Waals surface area (Å²) < 4.78 is 53.7. The number of alkyl halides is 3. The smallest absolute Gasteiger partial charge is 0.336 e. The Morgan fingerprint density at radius 2 is 1.62 bits per heavy atom. The van der Waals surface area contributed by atoms with Gasteiger partial charge in [-0.15, -0.1) is 0 Å². The number of rotatable bonds is 5. The molecule has 2 amide bonds. The Balaban J connectivity index is 1.46. The molecule has 1 aliphatic carbocycles. The molecule has 4 rings (SSSR count). The number of amides is 2. The van der Waals surface area contributed by atoms with Gasteiger partial charge >= 0.3 is 6.18 Å². The van der Waals surface area contributed by atoms with Gasteiger partial charge < -0.3 is 10.2 Å². The second kappa shape index (κ2) is 10.1. The minimum atomic E-state index is -4.61. The molecule has 0 radical (unpaired) electrons. The molecular formula is C25H27F4N3O2. The number of carbonyl (C=O) groups is 2. The van der Waals surface area contributed by atoms with Crippen molar-refractivity contribution in [2.45, 2.75) is 37.9 Å². The molecule has 9 heteroatoms. The highest BCUT2D eigenvalue weighted by Gasteiger charge is 2.39. The third-order valence-corrected chi connectivity index (χ3v) is 6.66. The van der Waals surface area contributed by atoms with E-state index in [0.717, 1.165) is 31.7 Å². The van der Waals surface area contributed by atoms with E-state index in [-0.39, 0.29) is 30.5 Å². The van der Waals surface area contributed by atoms with E-state index in [0.29, 0.717) is 18.8 Å². The molecule has 1 heterocycles. The number of piperazine rings is 1. The van der Waals surface area contributed by atoms with Crippen LogP contribution in [0.3, 0.4) is 0 Å². The second-order valence-corrected chi connectivity index (χ2v) is 8.86. The second-order valence-electron chi connectivity index (χ2n) is 8.86. The van der Waals surface area contributed by atoms with Gasteiger partial charge in [-0.25, -0.2) is 4.39 Å². The van der Waals surface area contributed by atoms with Crippen molar-refractivity contribution in [3.8, 4) is 0 Å². The number of anilines is 1. The molecule has 0 bridgehead atoms. The van der Waals surface area contributed by atoms with Crippen molar-refractivity contribution < 1.29 is 27.2 Å². The van der Waals surface area contributed by atoms with E-state index in [1.54, 1.807) is 6.07 Å². The van der Waals surface area contributed by atoms with E-state index in [9.17, 15) is 27.2 Å². The number of nitrogens with zero attached hydrogens (tertiary/aromatic N) is 2. The standard InChI is InChI=1S/C25H27F4N3O2/c26-18-8-5-9-19(16-18)30-23(33)22(17-6-1-2-7-17)31-12-14-32(15-13-31)24(34)20-10-3-4-11-21(20)25(27,28)29/h3-5,8-11,16-17,22H,1-2,6-7,12-15H2,(H,30,33)/t22-/m0/s1. The average molecular weight is 478 g/mol. The van der Waals surface area contributed by atoms with Gasteiger partial charge in [-0.3, -0.25) is 14.5 Å². The molecule has 2 aromatic rings. The third-order valence-electron chi connectivity index (χ3n) is 6.66. The van der Waals surface area contributed by atoms with E-state index in [1.807, 2.05) is 4.90 Å². The maximum absolute atomic E-state index is 13.6. The van der Waals surface area contributed by atoms with Crippen LogP contribution in [0.4, 0.5) is 23.2 Å². The molecule has 2 fully saturated rings. The Morgan fingerprint density at radius 3 is 2.26 bits per heavy atom. The molecule has 1 aliphatic heterocycles. The molecule has 5 nitrogen and oxygen atoms in total. The zero-order chi connectivity index (χ0) is 24.3. The summed E-state index contributed by atoms with van der Waals surface area (Å²) in [5.41, 5.74) is -0.925. The number of carbonyl (C=O) groups excluding carboxylic acids is 2. The minimum absolute atomic E-state index is 0.141. The summed E-state index contributed by atoms with van der Waals surface area (Å²) in [6, 6.07) is 10.1. The zero-order valence-electron chi connectivity index (χ0n) is 18.7. The zero-order valence-corrected chi connectivity index (χ0v) is 18.7. The molecule has 1 atom stereocenters. The maximum Gasteiger partial charge on any atom is 0.417 e. The summed E-state index contributed by atoms with van der Waals surface area (Å²) in [4.78, 5) is 29.5. The van der Waals surface area contributed by atoms with Gasteiger partial charge in [0.25, 0.3) is 5.91 Å². The van der Waals surface area contributed by atoms with E-state index in [2.05, 4.69) is 5.32 Å². The minimum Gasteiger partial charge on any atom is -0.336 e. The van der Waals surface area contributed by atoms with E-state index < -0.39 is 29.5 Å². The number of benzene rings is 2. The molecule has 0 unspecified atom stereocenters. The lowest BCUT2D eigenvalue weighted by atomic mass is 9.94. The van der Waals surface area contributed by atoms with Crippen LogP contribution in [-0.4, -0.2) is 53.8 Å². The predicted molar refractivity (Wildman–Crippen MR) is 120 cm³/mol. The van der Waals surface area contributed by atoms with Crippen LogP contribution >= 0.6 is 0 Å². The fraction of sp³-hybridized carbons (Fsp3) is 0.440. The molecular weight excluding hydrogens is 450 g/mol. The van der Waals surface area contributed by atoms with Crippen LogP contribution in [0.5, 0.6) is 0 Å². The first kappa shape index (κ1) is 24.2. The normalized spacial score (nSPS) is 18.6. The van der Waals surface area contributed by atoms with Crippen LogP contribution in [0.25, 0.3) is 0 Å². The molecule has 1 N–H and O–H groups in total. The van der Waals surface area contributed by atoms with Crippen LogP contribution in [0.1, 0.15) is 41.6 Å². The van der Waals surface area contributed by atoms with Crippen molar-refractivity contribution in [3.05, 3.63) is 65.5 Å². The molecule has 1 saturated heterocycles. The van der Waals surface area contributed by atoms with Crippen molar-refractivity contribution in [2.75, 3.05) is 31.5 Å². The first-order chi connectivity index (χ1) is 16.2. The first-order valence-electron chi connectivity index (χ1n) is 11.5. The quantitative estimate of drug-likeness (QED) is 0.630. The fourth-order valence-corrected chi connectivity index (χ4v) is 5.02. The summed E-state index contributed by atoms with van der Waals surface area (Å²) in [6.07, 6.45) is -0.752. The van der Waals surface area contributed by atoms with Crippen molar-refractivity contribution in [2.24, 2.45) is 5.92 Å². The topological polar surface area (TPSA) is 52.7 Å². The molecule has 2 aromatic carbocycles. The molecule has 34 heavy (non-hydrogen) atoms. The highest BCUT2D eigenvalue weighted by Crippen LogP contribution is 2.34. The van der Waals surface area contributed by atoms with E-state index in [4.69, 9.17) is 0 Å². The lowest BCUT2D eigenvalue weighted by molar-refractivity contribution is -0.138. The molecule has 0 aromatic heterocycles. The van der Waals surface area contributed by atoms with Gasteiger partial charge in [0.1, 0.15) is 5.82 Å². The predicted octanol–water partition coefficient (Wildman–Crippen LogP) is 4.80. The Bertz CT molecular complexity index is 1030. The SMILES string of the molecule is O=C(Nc1cccc(F)c1)[C@H](C1CCCC1)N1CCN(C(=O)c2ccccc2C(F)(F)F)CC1. The van der Waals surface area contributed by atoms with Crippen molar-refractivity contribution in [1.29, 1.82) is 0 Å². The fourth-order valence-electron chi connectivity index (χ4n) is 5.02. The van der Waals surface area contributed by atoms with Gasteiger partial charge in [0, 0.05) is 31.9 Å². The number of halogens is 4. The van der Waals surface area contributed by atoms with Gasteiger partial charge in [0.05, 0.1) is 17.2 Å². The first-order valence-corrected chi connectivity index (χ1v) is 11.5. The van der Waals surface area contributed by atoms with Gasteiger partial charge in [-0.2, -0.15) is 13.2 Å². The van der Waals surface area contributed by atoms with Crippen LogP contribution in [-0.2, 0) is 11.0 Å². The number of hydrogen-bond donors (Lipinski definition) is 1. The Labute approximate surface area is 195 Å². The third kappa shape index (κ3) is 5.41. The molecule has 2 aliphatic rings. The molecule has 0 spiro atoms. The molecule has 1 saturated carbocycles. The monoisotopic (exact) mass is 477 g/mol. The van der Waals surface area contributed by atoms with Crippen molar-refractivity contribution in [3.63, 3.8) is 0 Å². The largest absolute Gasteiger partial charge is 0.417 e. The Kier molecular flexibility index (Phi) is 7.21. The van der Waals surface area contributed by atoms with Crippen LogP contribution in [0.2, 0.25) is 0 Å². The van der Waals surface area contributed by atoms with Gasteiger partial charge in [0.2, 0.25) is 5.91 Å². The van der Waals surface area contributed by atoms with Crippen LogP contribution in [0, 0.1) is 11.7 Å². The summed E-state index contributed by atoms with van der Waals surface area (Å²) in [7, 11) is 0. The van der Waals surface area contributed by atoms with Crippen molar-refractivity contribution >= 4 is 17.5 Å². The van der Waals surface area contributed by atoms with Gasteiger partial charge in [0.15, 0.2) is 0 Å². The van der Waals surface area contributed by atoms with E-state index >= 15 is 0 Å². The van der Waals surface area contributed by atoms with Gasteiger partial charge in [-0.05, 0) is 49.1 Å². The number of hydrogen-bond acceptors (Lipinski definition) is 3. The number of nitrogens with one attached hydrogen (secondary N) is 1. The van der Waals surface area contributed by atoms with Gasteiger partial charge in [-0.1, -0.05) is 31.0 Å². The molecule has 182 valence electrons. The van der Waals surface area contributed by atoms with Crippen LogP contribution in [0.15, 0.2) is 48.5 Å². The Morgan fingerprint density at radius 1 is 0.941 bits per heavy atom. The lowest BCUT2D eigenvalue weighted by Crippen LogP contribution is -2.57. The van der Waals surface area contributed by atoms with Crippen molar-refractivity contribution in [1.82, 2.24) is 9.80 Å². The summed E-state index contributed by atoms with van der Waals surface area (Å²) in [5.74, 6) is -1.18. The summed E-state index contributed by atoms with van der Waals surface area (Å²) in [6.45, 7) is 1.19. The summed E-state index contributed by atoms with van der Waals surface area (Å²) >= 11 is 0. The highest BCUT2D eigenvalue weighted by molar-refractivity contribution is 5.96. The highest BCUT2D eigenvalue weighted by atomic mass is 19.4. The van der Waals surface area contributed by atoms with E-state index in [1.165, 1.54) is 41.3 Å². The summed E-state index contributed by atoms with van der Waals surface area (Å²) in [5, 5.41) is 2.81. The maximum atomic E-state index is 13.6. The van der Waals surface area contributed by atoms with Crippen LogP contribution < -0.4 is 5.32 Å².